The maximum Gasteiger partial charge on any atom is 0.0969 e. The maximum absolute atomic E-state index is 4.85. The number of rotatable bonds is 4. The van der Waals surface area contributed by atoms with Crippen LogP contribution in [0.4, 0.5) is 0 Å². The number of nitrogens with one attached hydrogen (secondary N) is 1. The molecule has 1 saturated carbocycles. The van der Waals surface area contributed by atoms with E-state index in [0.29, 0.717) is 0 Å². The molecule has 1 aromatic heterocycles. The van der Waals surface area contributed by atoms with Crippen molar-refractivity contribution in [1.29, 1.82) is 0 Å². The molecule has 4 heteroatoms. The van der Waals surface area contributed by atoms with E-state index < -0.39 is 0 Å². The zero-order chi connectivity index (χ0) is 11.0. The summed E-state index contributed by atoms with van der Waals surface area (Å²) in [5.74, 6) is 0.748. The highest BCUT2D eigenvalue weighted by Gasteiger charge is 2.26. The van der Waals surface area contributed by atoms with Gasteiger partial charge in [0.2, 0.25) is 0 Å². The third-order valence-corrected chi connectivity index (χ3v) is 4.00. The van der Waals surface area contributed by atoms with Gasteiger partial charge in [0.05, 0.1) is 22.3 Å². The average molecular weight is 234 g/mol. The molecule has 1 aromatic carbocycles. The van der Waals surface area contributed by atoms with Crippen LogP contribution in [-0.4, -0.2) is 12.1 Å². The average Bonchev–Trinajstić information content (AvgIpc) is 3.06. The summed E-state index contributed by atoms with van der Waals surface area (Å²) in [6.45, 7) is 0.739. The van der Waals surface area contributed by atoms with Crippen molar-refractivity contribution in [2.75, 3.05) is 7.11 Å². The number of nitrogens with zero attached hydrogens (tertiary/aromatic N) is 1. The molecule has 3 rings (SSSR count). The van der Waals surface area contributed by atoms with E-state index in [1.54, 1.807) is 7.11 Å². The van der Waals surface area contributed by atoms with E-state index in [1.807, 2.05) is 11.3 Å². The van der Waals surface area contributed by atoms with Gasteiger partial charge in [0.25, 0.3) is 0 Å². The quantitative estimate of drug-likeness (QED) is 0.826. The van der Waals surface area contributed by atoms with Gasteiger partial charge in [0.1, 0.15) is 0 Å². The van der Waals surface area contributed by atoms with Gasteiger partial charge in [-0.05, 0) is 30.5 Å². The highest BCUT2D eigenvalue weighted by molar-refractivity contribution is 7.18. The number of aromatic nitrogens is 1. The monoisotopic (exact) mass is 234 g/mol. The topological polar surface area (TPSA) is 34.1 Å². The van der Waals surface area contributed by atoms with Crippen molar-refractivity contribution in [3.8, 4) is 0 Å². The minimum atomic E-state index is 0.739. The molecule has 0 bridgehead atoms. The first-order valence-corrected chi connectivity index (χ1v) is 6.33. The normalized spacial score (nSPS) is 15.8. The summed E-state index contributed by atoms with van der Waals surface area (Å²) in [6, 6.07) is 6.40. The Bertz CT molecular complexity index is 505. The Morgan fingerprint density at radius 3 is 3.12 bits per heavy atom. The van der Waals surface area contributed by atoms with E-state index in [4.69, 9.17) is 4.84 Å². The number of fused-ring (bicyclic) bond motifs is 1. The van der Waals surface area contributed by atoms with Crippen LogP contribution >= 0.6 is 11.3 Å². The summed E-state index contributed by atoms with van der Waals surface area (Å²) in [5, 5.41) is 1.31. The van der Waals surface area contributed by atoms with Crippen molar-refractivity contribution < 1.29 is 4.84 Å². The van der Waals surface area contributed by atoms with E-state index in [0.717, 1.165) is 18.0 Å². The molecule has 2 aromatic rings. The minimum absolute atomic E-state index is 0.739. The van der Waals surface area contributed by atoms with Crippen LogP contribution in [0.15, 0.2) is 18.2 Å². The van der Waals surface area contributed by atoms with Crippen LogP contribution in [0.5, 0.6) is 0 Å². The van der Waals surface area contributed by atoms with Gasteiger partial charge in [0.15, 0.2) is 0 Å². The van der Waals surface area contributed by atoms with Crippen molar-refractivity contribution >= 4 is 21.6 Å². The molecular weight excluding hydrogens is 220 g/mol. The molecule has 0 aliphatic heterocycles. The van der Waals surface area contributed by atoms with Crippen molar-refractivity contribution in [1.82, 2.24) is 10.5 Å². The highest BCUT2D eigenvalue weighted by Crippen LogP contribution is 2.43. The molecule has 16 heavy (non-hydrogen) atoms. The number of benzene rings is 1. The Hall–Kier alpha value is -0.970. The van der Waals surface area contributed by atoms with Gasteiger partial charge in [-0.25, -0.2) is 4.98 Å². The summed E-state index contributed by atoms with van der Waals surface area (Å²) in [4.78, 5) is 9.51. The van der Waals surface area contributed by atoms with Gasteiger partial charge < -0.3 is 4.84 Å². The van der Waals surface area contributed by atoms with Gasteiger partial charge in [0, 0.05) is 12.5 Å². The summed E-state index contributed by atoms with van der Waals surface area (Å²) >= 11 is 1.84. The Morgan fingerprint density at radius 1 is 1.50 bits per heavy atom. The molecule has 1 heterocycles. The molecule has 0 unspecified atom stereocenters. The fourth-order valence-electron chi connectivity index (χ4n) is 1.76. The van der Waals surface area contributed by atoms with Crippen LogP contribution in [-0.2, 0) is 11.4 Å². The van der Waals surface area contributed by atoms with Crippen LogP contribution in [0.2, 0.25) is 0 Å². The molecule has 1 aliphatic rings. The van der Waals surface area contributed by atoms with Crippen molar-refractivity contribution in [3.05, 3.63) is 28.8 Å². The van der Waals surface area contributed by atoms with Gasteiger partial charge in [-0.3, -0.25) is 0 Å². The van der Waals surface area contributed by atoms with Crippen molar-refractivity contribution in [2.24, 2.45) is 0 Å². The molecule has 84 valence electrons. The zero-order valence-corrected chi connectivity index (χ0v) is 10.0. The molecule has 0 atom stereocenters. The standard InChI is InChI=1S/C12H14N2OS/c1-15-13-7-8-2-5-10-11(6-8)16-12(14-10)9-3-4-9/h2,5-6,9,13H,3-4,7H2,1H3. The fraction of sp³-hybridized carbons (Fsp3) is 0.417. The lowest BCUT2D eigenvalue weighted by Crippen LogP contribution is -2.10. The SMILES string of the molecule is CONCc1ccc2nc(C3CC3)sc2c1. The third kappa shape index (κ3) is 1.96. The largest absolute Gasteiger partial charge is 0.305 e. The fourth-order valence-corrected chi connectivity index (χ4v) is 2.96. The van der Waals surface area contributed by atoms with Gasteiger partial charge in [-0.15, -0.1) is 11.3 Å². The Labute approximate surface area is 98.4 Å². The highest BCUT2D eigenvalue weighted by atomic mass is 32.1. The second-order valence-electron chi connectivity index (χ2n) is 4.15. The summed E-state index contributed by atoms with van der Waals surface area (Å²) in [7, 11) is 1.64. The van der Waals surface area contributed by atoms with Crippen LogP contribution in [0.1, 0.15) is 29.3 Å². The zero-order valence-electron chi connectivity index (χ0n) is 9.19. The lowest BCUT2D eigenvalue weighted by atomic mass is 10.2. The van der Waals surface area contributed by atoms with E-state index in [9.17, 15) is 0 Å². The van der Waals surface area contributed by atoms with Gasteiger partial charge in [-0.1, -0.05) is 6.07 Å². The van der Waals surface area contributed by atoms with Crippen molar-refractivity contribution in [2.45, 2.75) is 25.3 Å². The molecule has 0 radical (unpaired) electrons. The molecular formula is C12H14N2OS. The first kappa shape index (κ1) is 10.2. The Kier molecular flexibility index (Phi) is 2.63. The van der Waals surface area contributed by atoms with Crippen LogP contribution in [0, 0.1) is 0 Å². The first-order chi connectivity index (χ1) is 7.86. The lowest BCUT2D eigenvalue weighted by molar-refractivity contribution is 0.0867. The molecule has 1 N–H and O–H groups in total. The third-order valence-electron chi connectivity index (χ3n) is 2.82. The smallest absolute Gasteiger partial charge is 0.0969 e. The predicted molar refractivity (Wildman–Crippen MR) is 65.4 cm³/mol. The number of thiazole rings is 1. The molecule has 0 saturated heterocycles. The maximum atomic E-state index is 4.85. The molecule has 0 amide bonds. The van der Waals surface area contributed by atoms with Gasteiger partial charge >= 0.3 is 0 Å². The van der Waals surface area contributed by atoms with Crippen LogP contribution < -0.4 is 5.48 Å². The van der Waals surface area contributed by atoms with E-state index in [-0.39, 0.29) is 0 Å². The predicted octanol–water partition coefficient (Wildman–Crippen LogP) is 2.82. The number of hydrogen-bond acceptors (Lipinski definition) is 4. The summed E-state index contributed by atoms with van der Waals surface area (Å²) in [6.07, 6.45) is 2.63. The first-order valence-electron chi connectivity index (χ1n) is 5.52. The van der Waals surface area contributed by atoms with Crippen molar-refractivity contribution in [3.63, 3.8) is 0 Å². The number of hydrogen-bond donors (Lipinski definition) is 1. The Balaban J connectivity index is 1.90. The summed E-state index contributed by atoms with van der Waals surface area (Å²) < 4.78 is 1.29. The number of hydroxylamine groups is 1. The Morgan fingerprint density at radius 2 is 2.38 bits per heavy atom. The molecule has 1 aliphatic carbocycles. The molecule has 3 nitrogen and oxygen atoms in total. The second kappa shape index (κ2) is 4.13. The lowest BCUT2D eigenvalue weighted by Gasteiger charge is -2.00. The van der Waals surface area contributed by atoms with E-state index >= 15 is 0 Å². The van der Waals surface area contributed by atoms with Gasteiger partial charge in [-0.2, -0.15) is 5.48 Å². The van der Waals surface area contributed by atoms with Crippen LogP contribution in [0.25, 0.3) is 10.2 Å². The van der Waals surface area contributed by atoms with E-state index in [2.05, 4.69) is 28.7 Å². The minimum Gasteiger partial charge on any atom is -0.305 e. The van der Waals surface area contributed by atoms with Crippen LogP contribution in [0.3, 0.4) is 0 Å². The second-order valence-corrected chi connectivity index (χ2v) is 5.22. The van der Waals surface area contributed by atoms with E-state index in [1.165, 1.54) is 28.1 Å². The molecule has 0 spiro atoms. The summed E-state index contributed by atoms with van der Waals surface area (Å²) in [5.41, 5.74) is 5.22. The molecule has 1 fully saturated rings.